The zero-order valence-electron chi connectivity index (χ0n) is 13.6. The van der Waals surface area contributed by atoms with Crippen LogP contribution < -0.4 is 0 Å². The van der Waals surface area contributed by atoms with Gasteiger partial charge in [0.25, 0.3) is 5.69 Å². The lowest BCUT2D eigenvalue weighted by Gasteiger charge is -2.27. The second kappa shape index (κ2) is 6.94. The largest absolute Gasteiger partial charge is 0.377 e. The van der Waals surface area contributed by atoms with E-state index in [0.717, 1.165) is 23.6 Å². The first kappa shape index (κ1) is 17.8. The summed E-state index contributed by atoms with van der Waals surface area (Å²) >= 11 is 0. The third kappa shape index (κ3) is 3.88. The van der Waals surface area contributed by atoms with Crippen LogP contribution in [-0.4, -0.2) is 43.9 Å². The zero-order chi connectivity index (χ0) is 17.2. The first-order valence-corrected chi connectivity index (χ1v) is 9.01. The molecule has 0 aromatic heterocycles. The Morgan fingerprint density at radius 2 is 1.96 bits per heavy atom. The molecule has 1 aromatic rings. The molecule has 0 N–H and O–H groups in total. The molecule has 128 valence electrons. The number of rotatable bonds is 5. The van der Waals surface area contributed by atoms with Gasteiger partial charge in [0.05, 0.1) is 11.0 Å². The molecule has 0 spiro atoms. The molecule has 8 heteroatoms. The fraction of sp³-hybridized carbons (Fsp3) is 0.600. The number of likely N-dealkylation sites (N-methyl/N-ethyl adjacent to an activating group) is 1. The van der Waals surface area contributed by atoms with Gasteiger partial charge >= 0.3 is 0 Å². The fourth-order valence-electron chi connectivity index (χ4n) is 2.63. The summed E-state index contributed by atoms with van der Waals surface area (Å²) in [5.41, 5.74) is 1.01. The van der Waals surface area contributed by atoms with Gasteiger partial charge in [0, 0.05) is 26.3 Å². The Bertz CT molecular complexity index is 696. The molecule has 2 rings (SSSR count). The van der Waals surface area contributed by atoms with Crippen molar-refractivity contribution in [3.05, 3.63) is 33.4 Å². The standard InChI is InChI=1S/C15H22N2O5S/c1-11-8-14(17(18)19)15(9-12(11)2)23(20,21)16(3)10-13-6-4-5-7-22-13/h8-9,13H,4-7,10H2,1-3H3/t13-/m0/s1. The highest BCUT2D eigenvalue weighted by Gasteiger charge is 2.32. The number of ether oxygens (including phenoxy) is 1. The average molecular weight is 342 g/mol. The lowest BCUT2D eigenvalue weighted by Crippen LogP contribution is -2.37. The van der Waals surface area contributed by atoms with Crippen molar-refractivity contribution in [2.45, 2.75) is 44.1 Å². The van der Waals surface area contributed by atoms with Crippen LogP contribution in [0.1, 0.15) is 30.4 Å². The fourth-order valence-corrected chi connectivity index (χ4v) is 4.05. The quantitative estimate of drug-likeness (QED) is 0.605. The van der Waals surface area contributed by atoms with E-state index in [0.29, 0.717) is 17.7 Å². The Morgan fingerprint density at radius 3 is 2.52 bits per heavy atom. The molecule has 0 saturated carbocycles. The molecule has 1 aliphatic heterocycles. The van der Waals surface area contributed by atoms with Gasteiger partial charge in [-0.3, -0.25) is 10.1 Å². The van der Waals surface area contributed by atoms with E-state index >= 15 is 0 Å². The highest BCUT2D eigenvalue weighted by Crippen LogP contribution is 2.29. The van der Waals surface area contributed by atoms with Gasteiger partial charge in [0.1, 0.15) is 0 Å². The summed E-state index contributed by atoms with van der Waals surface area (Å²) in [6.07, 6.45) is 2.63. The molecular weight excluding hydrogens is 320 g/mol. The molecule has 1 saturated heterocycles. The first-order chi connectivity index (χ1) is 10.7. The van der Waals surface area contributed by atoms with Crippen LogP contribution in [0.5, 0.6) is 0 Å². The molecule has 1 heterocycles. The maximum Gasteiger partial charge on any atom is 0.289 e. The van der Waals surface area contributed by atoms with E-state index in [1.165, 1.54) is 19.2 Å². The van der Waals surface area contributed by atoms with Crippen molar-refractivity contribution < 1.29 is 18.1 Å². The van der Waals surface area contributed by atoms with E-state index in [-0.39, 0.29) is 23.2 Å². The minimum absolute atomic E-state index is 0.158. The molecule has 1 atom stereocenters. The van der Waals surface area contributed by atoms with Gasteiger partial charge in [0.2, 0.25) is 10.0 Å². The summed E-state index contributed by atoms with van der Waals surface area (Å²) in [5.74, 6) is 0. The highest BCUT2D eigenvalue weighted by molar-refractivity contribution is 7.89. The van der Waals surface area contributed by atoms with Gasteiger partial charge < -0.3 is 4.74 Å². The Kier molecular flexibility index (Phi) is 5.38. The van der Waals surface area contributed by atoms with E-state index in [1.807, 2.05) is 0 Å². The minimum Gasteiger partial charge on any atom is -0.377 e. The molecule has 0 aliphatic carbocycles. The number of hydrogen-bond donors (Lipinski definition) is 0. The SMILES string of the molecule is Cc1cc([N+](=O)[O-])c(S(=O)(=O)N(C)C[C@@H]2CCCCO2)cc1C. The molecule has 7 nitrogen and oxygen atoms in total. The van der Waals surface area contributed by atoms with Crippen LogP contribution in [0.25, 0.3) is 0 Å². The Hall–Kier alpha value is -1.51. The second-order valence-corrected chi connectivity index (χ2v) is 7.95. The monoisotopic (exact) mass is 342 g/mol. The maximum absolute atomic E-state index is 12.8. The predicted octanol–water partition coefficient (Wildman–Crippen LogP) is 2.40. The normalized spacial score (nSPS) is 19.0. The van der Waals surface area contributed by atoms with Crippen LogP contribution in [-0.2, 0) is 14.8 Å². The predicted molar refractivity (Wildman–Crippen MR) is 86.0 cm³/mol. The number of nitro groups is 1. The number of benzene rings is 1. The van der Waals surface area contributed by atoms with Crippen molar-refractivity contribution in [1.82, 2.24) is 4.31 Å². The van der Waals surface area contributed by atoms with Crippen molar-refractivity contribution >= 4 is 15.7 Å². The van der Waals surface area contributed by atoms with Crippen molar-refractivity contribution in [2.75, 3.05) is 20.2 Å². The Balaban J connectivity index is 2.34. The van der Waals surface area contributed by atoms with E-state index in [1.54, 1.807) is 13.8 Å². The van der Waals surface area contributed by atoms with Gasteiger partial charge in [-0.15, -0.1) is 0 Å². The van der Waals surface area contributed by atoms with Crippen LogP contribution in [0.2, 0.25) is 0 Å². The summed E-state index contributed by atoms with van der Waals surface area (Å²) < 4.78 is 32.2. The molecule has 0 radical (unpaired) electrons. The Labute approximate surface area is 136 Å². The van der Waals surface area contributed by atoms with Crippen molar-refractivity contribution in [3.8, 4) is 0 Å². The average Bonchev–Trinajstić information content (AvgIpc) is 2.50. The lowest BCUT2D eigenvalue weighted by atomic mass is 10.1. The number of nitrogens with zero attached hydrogens (tertiary/aromatic N) is 2. The summed E-state index contributed by atoms with van der Waals surface area (Å²) in [6, 6.07) is 2.69. The number of hydrogen-bond acceptors (Lipinski definition) is 5. The summed E-state index contributed by atoms with van der Waals surface area (Å²) in [6.45, 7) is 4.29. The molecular formula is C15H22N2O5S. The van der Waals surface area contributed by atoms with Crippen LogP contribution in [0.3, 0.4) is 0 Å². The number of sulfonamides is 1. The first-order valence-electron chi connectivity index (χ1n) is 7.57. The Morgan fingerprint density at radius 1 is 1.30 bits per heavy atom. The third-order valence-electron chi connectivity index (χ3n) is 4.19. The van der Waals surface area contributed by atoms with E-state index < -0.39 is 14.9 Å². The number of aryl methyl sites for hydroxylation is 2. The summed E-state index contributed by atoms with van der Waals surface area (Å²) in [4.78, 5) is 10.3. The molecule has 1 aliphatic rings. The van der Waals surface area contributed by atoms with Crippen LogP contribution >= 0.6 is 0 Å². The van der Waals surface area contributed by atoms with Crippen molar-refractivity contribution in [3.63, 3.8) is 0 Å². The maximum atomic E-state index is 12.8. The molecule has 23 heavy (non-hydrogen) atoms. The van der Waals surface area contributed by atoms with Crippen molar-refractivity contribution in [1.29, 1.82) is 0 Å². The van der Waals surface area contributed by atoms with Gasteiger partial charge in [0.15, 0.2) is 4.90 Å². The third-order valence-corrected chi connectivity index (χ3v) is 6.05. The molecule has 1 aromatic carbocycles. The summed E-state index contributed by atoms with van der Waals surface area (Å²) in [5, 5.41) is 11.2. The molecule has 1 fully saturated rings. The van der Waals surface area contributed by atoms with Gasteiger partial charge in [-0.1, -0.05) is 0 Å². The van der Waals surface area contributed by atoms with E-state index in [2.05, 4.69) is 0 Å². The molecule has 0 unspecified atom stereocenters. The van der Waals surface area contributed by atoms with Gasteiger partial charge in [-0.2, -0.15) is 4.31 Å². The molecule has 0 bridgehead atoms. The summed E-state index contributed by atoms with van der Waals surface area (Å²) in [7, 11) is -2.50. The van der Waals surface area contributed by atoms with Gasteiger partial charge in [-0.25, -0.2) is 8.42 Å². The topological polar surface area (TPSA) is 89.8 Å². The van der Waals surface area contributed by atoms with E-state index in [9.17, 15) is 18.5 Å². The smallest absolute Gasteiger partial charge is 0.289 e. The number of nitro benzene ring substituents is 1. The van der Waals surface area contributed by atoms with Crippen LogP contribution in [0.4, 0.5) is 5.69 Å². The van der Waals surface area contributed by atoms with E-state index in [4.69, 9.17) is 4.74 Å². The van der Waals surface area contributed by atoms with Crippen LogP contribution in [0.15, 0.2) is 17.0 Å². The second-order valence-electron chi connectivity index (χ2n) is 5.94. The lowest BCUT2D eigenvalue weighted by molar-refractivity contribution is -0.387. The van der Waals surface area contributed by atoms with Crippen molar-refractivity contribution in [2.24, 2.45) is 0 Å². The zero-order valence-corrected chi connectivity index (χ0v) is 14.4. The van der Waals surface area contributed by atoms with Gasteiger partial charge in [-0.05, 0) is 50.3 Å². The van der Waals surface area contributed by atoms with Crippen LogP contribution in [0, 0.1) is 24.0 Å². The minimum atomic E-state index is -3.94. The molecule has 0 amide bonds. The highest BCUT2D eigenvalue weighted by atomic mass is 32.2.